The Morgan fingerprint density at radius 1 is 0.957 bits per heavy atom. The van der Waals surface area contributed by atoms with Crippen LogP contribution < -0.4 is 0 Å². The Balaban J connectivity index is -0.0000000731. The summed E-state index contributed by atoms with van der Waals surface area (Å²) in [7, 11) is 4.03. The molecule has 9 heteroatoms. The number of hydrogen-bond donors (Lipinski definition) is 0. The van der Waals surface area contributed by atoms with Gasteiger partial charge in [0.1, 0.15) is 0 Å². The maximum atomic E-state index is 5.70. The van der Waals surface area contributed by atoms with Crippen molar-refractivity contribution in [1.82, 2.24) is 4.90 Å². The van der Waals surface area contributed by atoms with E-state index in [0.717, 1.165) is 19.7 Å². The zero-order valence-electron chi connectivity index (χ0n) is 14.8. The minimum absolute atomic E-state index is 0. The summed E-state index contributed by atoms with van der Waals surface area (Å²) >= 11 is 0. The van der Waals surface area contributed by atoms with Gasteiger partial charge in [0.15, 0.2) is 0 Å². The SMILES string of the molecule is [CH2-]N(CC([CH2-])([CH2-])[CH2-])CC1(COC(C)C)CC1.[Y].[Y].[Y].[Y].[Y].[Y].[Y]. The van der Waals surface area contributed by atoms with Gasteiger partial charge in [-0.15, -0.1) is 6.54 Å². The Morgan fingerprint density at radius 3 is 1.61 bits per heavy atom. The molecule has 0 atom stereocenters. The molecule has 0 aliphatic heterocycles. The summed E-state index contributed by atoms with van der Waals surface area (Å²) in [5.41, 5.74) is -0.0893. The van der Waals surface area contributed by atoms with Gasteiger partial charge in [-0.05, 0) is 33.2 Å². The first-order valence-corrected chi connectivity index (χ1v) is 5.96. The van der Waals surface area contributed by atoms with Crippen LogP contribution in [-0.4, -0.2) is 30.7 Å². The molecule has 0 bridgehead atoms. The van der Waals surface area contributed by atoms with Crippen molar-refractivity contribution in [2.24, 2.45) is 10.8 Å². The van der Waals surface area contributed by atoms with E-state index < -0.39 is 5.41 Å². The molecule has 0 N–H and O–H groups in total. The summed E-state index contributed by atoms with van der Waals surface area (Å²) in [5, 5.41) is 0. The first-order chi connectivity index (χ1) is 7.22. The summed E-state index contributed by atoms with van der Waals surface area (Å²) in [6.07, 6.45) is 2.79. The molecule has 0 heterocycles. The monoisotopic (exact) mass is 846 g/mol. The number of hydrogen-bond acceptors (Lipinski definition) is 2. The van der Waals surface area contributed by atoms with Crippen molar-refractivity contribution in [3.8, 4) is 0 Å². The van der Waals surface area contributed by atoms with E-state index in [2.05, 4.69) is 41.7 Å². The third-order valence-electron chi connectivity index (χ3n) is 2.80. The fraction of sp³-hybridized carbons (Fsp3) is 0.714. The maximum Gasteiger partial charge on any atom is 0.0537 e. The van der Waals surface area contributed by atoms with Crippen LogP contribution in [0.4, 0.5) is 0 Å². The molecule has 1 rings (SSSR count). The summed E-state index contributed by atoms with van der Waals surface area (Å²) < 4.78 is 5.70. The Bertz CT molecular complexity index is 234. The first-order valence-electron chi connectivity index (χ1n) is 5.96. The van der Waals surface area contributed by atoms with E-state index in [9.17, 15) is 0 Å². The van der Waals surface area contributed by atoms with Gasteiger partial charge in [-0.3, -0.25) is 7.05 Å². The van der Waals surface area contributed by atoms with Gasteiger partial charge >= 0.3 is 0 Å². The Kier molecular flexibility index (Phi) is 50.9. The van der Waals surface area contributed by atoms with Crippen LogP contribution in [-0.2, 0) is 234 Å². The van der Waals surface area contributed by atoms with Gasteiger partial charge in [-0.1, -0.05) is 0 Å². The quantitative estimate of drug-likeness (QED) is 0.367. The van der Waals surface area contributed by atoms with Crippen LogP contribution in [0.5, 0.6) is 0 Å². The molecule has 0 unspecified atom stereocenters. The van der Waals surface area contributed by atoms with Gasteiger partial charge in [0.25, 0.3) is 0 Å². The normalized spacial score (nSPS) is 13.6. The van der Waals surface area contributed by atoms with Crippen LogP contribution in [0.15, 0.2) is 0 Å². The van der Waals surface area contributed by atoms with Crippen molar-refractivity contribution in [3.05, 3.63) is 27.8 Å². The van der Waals surface area contributed by atoms with Crippen LogP contribution in [0.2, 0.25) is 0 Å². The molecule has 1 saturated carbocycles. The molecule has 0 amide bonds. The molecule has 0 aromatic carbocycles. The average Bonchev–Trinajstić information content (AvgIpc) is 2.78. The van der Waals surface area contributed by atoms with E-state index in [0.29, 0.717) is 11.5 Å². The summed E-state index contributed by atoms with van der Waals surface area (Å²) in [5.74, 6) is 0. The molecule has 1 aliphatic carbocycles. The maximum absolute atomic E-state index is 5.70. The van der Waals surface area contributed by atoms with Gasteiger partial charge in [-0.25, -0.2) is 0 Å². The number of rotatable bonds is 7. The molecule has 0 saturated heterocycles. The van der Waals surface area contributed by atoms with Crippen molar-refractivity contribution in [2.45, 2.75) is 32.8 Å². The number of nitrogens with zero attached hydrogens (tertiary/aromatic N) is 1. The van der Waals surface area contributed by atoms with Gasteiger partial charge < -0.3 is 35.8 Å². The largest absolute Gasteiger partial charge is 0.464 e. The predicted octanol–water partition coefficient (Wildman–Crippen LogP) is 2.76. The standard InChI is InChI=1S/C14H25NO.7Y/c1-12(2)16-11-14(7-8-14)10-15(6)9-13(3,4)5;;;;;;;/h12H,3-11H2,1-2H3;;;;;;;/q-4;;;;;;;. The third kappa shape index (κ3) is 27.6. The topological polar surface area (TPSA) is 12.5 Å². The molecule has 2 nitrogen and oxygen atoms in total. The van der Waals surface area contributed by atoms with Crippen LogP contribution >= 0.6 is 0 Å². The first kappa shape index (κ1) is 48.2. The van der Waals surface area contributed by atoms with E-state index in [-0.39, 0.29) is 229 Å². The van der Waals surface area contributed by atoms with Crippen LogP contribution in [0.1, 0.15) is 26.7 Å². The molecule has 0 spiro atoms. The third-order valence-corrected chi connectivity index (χ3v) is 2.80. The average molecular weight is 846 g/mol. The van der Waals surface area contributed by atoms with E-state index in [1.807, 2.05) is 4.90 Å². The second-order valence-electron chi connectivity index (χ2n) is 5.85. The smallest absolute Gasteiger partial charge is 0.0537 e. The molecule has 23 heavy (non-hydrogen) atoms. The minimum atomic E-state index is -0.420. The predicted molar refractivity (Wildman–Crippen MR) is 68.2 cm³/mol. The van der Waals surface area contributed by atoms with Gasteiger partial charge in [0.05, 0.1) is 12.7 Å². The van der Waals surface area contributed by atoms with Gasteiger partial charge in [-0.2, -0.15) is 0 Å². The molecule has 0 aromatic rings. The Morgan fingerprint density at radius 2 is 1.35 bits per heavy atom. The van der Waals surface area contributed by atoms with Crippen molar-refractivity contribution < 1.29 is 234 Å². The Hall–Kier alpha value is 7.65. The zero-order chi connectivity index (χ0) is 12.4. The second kappa shape index (κ2) is 24.3. The molecule has 1 aliphatic rings. The summed E-state index contributed by atoms with van der Waals surface area (Å²) in [6, 6.07) is 0. The second-order valence-corrected chi connectivity index (χ2v) is 5.85. The van der Waals surface area contributed by atoms with Crippen LogP contribution in [0, 0.1) is 38.6 Å². The molecular weight excluding hydrogens is 821 g/mol. The van der Waals surface area contributed by atoms with Crippen molar-refractivity contribution in [1.29, 1.82) is 0 Å². The van der Waals surface area contributed by atoms with E-state index in [1.54, 1.807) is 0 Å². The molecule has 1 fully saturated rings. The van der Waals surface area contributed by atoms with E-state index >= 15 is 0 Å². The molecule has 117 valence electrons. The summed E-state index contributed by atoms with van der Waals surface area (Å²) in [6.45, 7) is 18.4. The van der Waals surface area contributed by atoms with Crippen molar-refractivity contribution in [2.75, 3.05) is 19.7 Å². The minimum Gasteiger partial charge on any atom is -0.464 e. The molecular formula is C14H25NOY7-4. The van der Waals surface area contributed by atoms with E-state index in [1.165, 1.54) is 12.8 Å². The van der Waals surface area contributed by atoms with Crippen LogP contribution in [0.3, 0.4) is 0 Å². The fourth-order valence-electron chi connectivity index (χ4n) is 1.87. The van der Waals surface area contributed by atoms with Crippen molar-refractivity contribution in [3.63, 3.8) is 0 Å². The Labute approximate surface area is 321 Å². The van der Waals surface area contributed by atoms with Crippen molar-refractivity contribution >= 4 is 0 Å². The van der Waals surface area contributed by atoms with Gasteiger partial charge in [0.2, 0.25) is 0 Å². The molecule has 0 aromatic heterocycles. The van der Waals surface area contributed by atoms with Gasteiger partial charge in [0, 0.05) is 234 Å². The molecule has 7 radical (unpaired) electrons. The summed E-state index contributed by atoms with van der Waals surface area (Å²) in [4.78, 5) is 2.03. The van der Waals surface area contributed by atoms with Crippen LogP contribution in [0.25, 0.3) is 0 Å². The fourth-order valence-corrected chi connectivity index (χ4v) is 1.87. The number of ether oxygens (including phenoxy) is 1. The zero-order valence-corrected chi connectivity index (χ0v) is 34.7. The van der Waals surface area contributed by atoms with E-state index in [4.69, 9.17) is 4.74 Å².